The van der Waals surface area contributed by atoms with E-state index >= 15 is 0 Å². The molecule has 1 fully saturated rings. The molecule has 5 amide bonds. The van der Waals surface area contributed by atoms with Crippen LogP contribution in [0.1, 0.15) is 4.88 Å². The smallest absolute Gasteiger partial charge is 0.406 e. The molecule has 1 saturated heterocycles. The molecule has 29 heavy (non-hydrogen) atoms. The second-order valence-corrected chi connectivity index (χ2v) is 6.80. The third-order valence-corrected chi connectivity index (χ3v) is 4.56. The van der Waals surface area contributed by atoms with Crippen molar-refractivity contribution in [3.8, 4) is 5.75 Å². The second-order valence-electron chi connectivity index (χ2n) is 5.76. The number of nitrogens with one attached hydrogen (secondary N) is 1. The average Bonchev–Trinajstić information content (AvgIpc) is 3.22. The molecule has 152 valence electrons. The molecule has 1 aromatic heterocycles. The number of imide groups is 2. The van der Waals surface area contributed by atoms with Gasteiger partial charge in [-0.1, -0.05) is 6.07 Å². The molecule has 2 heterocycles. The lowest BCUT2D eigenvalue weighted by Crippen LogP contribution is -2.38. The molecule has 0 saturated carbocycles. The third kappa shape index (κ3) is 4.90. The van der Waals surface area contributed by atoms with E-state index in [0.29, 0.717) is 9.78 Å². The fraction of sp³-hybridized carbons (Fsp3) is 0.176. The molecule has 0 spiro atoms. The Bertz CT molecular complexity index is 944. The number of hydrogen-bond donors (Lipinski definition) is 1. The summed E-state index contributed by atoms with van der Waals surface area (Å²) in [5.74, 6) is -3.45. The lowest BCUT2D eigenvalue weighted by Gasteiger charge is -2.15. The number of ether oxygens (including phenoxy) is 1. The van der Waals surface area contributed by atoms with E-state index in [1.807, 2.05) is 0 Å². The van der Waals surface area contributed by atoms with Crippen LogP contribution >= 0.6 is 11.3 Å². The minimum absolute atomic E-state index is 0.0835. The van der Waals surface area contributed by atoms with Gasteiger partial charge in [-0.25, -0.2) is 9.69 Å². The van der Waals surface area contributed by atoms with Crippen molar-refractivity contribution in [2.24, 2.45) is 0 Å². The highest BCUT2D eigenvalue weighted by Gasteiger charge is 2.45. The predicted octanol–water partition coefficient (Wildman–Crippen LogP) is 2.58. The van der Waals surface area contributed by atoms with E-state index in [0.717, 1.165) is 29.2 Å². The minimum atomic E-state index is -4.84. The second kappa shape index (κ2) is 7.91. The maximum absolute atomic E-state index is 12.3. The lowest BCUT2D eigenvalue weighted by atomic mass is 10.3. The summed E-state index contributed by atoms with van der Waals surface area (Å²) < 4.78 is 40.1. The first-order valence-electron chi connectivity index (χ1n) is 7.99. The van der Waals surface area contributed by atoms with E-state index in [-0.39, 0.29) is 12.2 Å². The number of amides is 5. The molecule has 0 radical (unpaired) electrons. The Kier molecular flexibility index (Phi) is 5.55. The highest BCUT2D eigenvalue weighted by molar-refractivity contribution is 7.09. The zero-order chi connectivity index (χ0) is 21.2. The first-order valence-corrected chi connectivity index (χ1v) is 8.87. The van der Waals surface area contributed by atoms with Crippen LogP contribution in [0, 0.1) is 0 Å². The number of thiophene rings is 1. The Hall–Kier alpha value is -3.41. The van der Waals surface area contributed by atoms with E-state index in [4.69, 9.17) is 0 Å². The highest BCUT2D eigenvalue weighted by atomic mass is 32.1. The van der Waals surface area contributed by atoms with E-state index in [1.54, 1.807) is 17.5 Å². The number of rotatable bonds is 6. The van der Waals surface area contributed by atoms with Gasteiger partial charge in [0.15, 0.2) is 0 Å². The van der Waals surface area contributed by atoms with Crippen molar-refractivity contribution >= 4 is 40.8 Å². The van der Waals surface area contributed by atoms with Crippen LogP contribution < -0.4 is 10.1 Å². The van der Waals surface area contributed by atoms with E-state index in [2.05, 4.69) is 10.1 Å². The molecular weight excluding hydrogens is 415 g/mol. The van der Waals surface area contributed by atoms with Crippen LogP contribution in [0.4, 0.5) is 23.7 Å². The fourth-order valence-corrected chi connectivity index (χ4v) is 3.16. The zero-order valence-corrected chi connectivity index (χ0v) is 15.2. The van der Waals surface area contributed by atoms with Gasteiger partial charge < -0.3 is 10.1 Å². The molecule has 1 aliphatic rings. The van der Waals surface area contributed by atoms with Crippen molar-refractivity contribution in [3.05, 3.63) is 46.7 Å². The Labute approximate surface area is 165 Å². The number of halogens is 3. The van der Waals surface area contributed by atoms with Gasteiger partial charge in [-0.2, -0.15) is 0 Å². The Morgan fingerprint density at radius 3 is 2.28 bits per heavy atom. The zero-order valence-electron chi connectivity index (χ0n) is 14.4. The SMILES string of the molecule is O=C(CN1C(=O)C(=O)N(Cc2cccs2)C1=O)Nc1ccc(OC(F)(F)F)cc1. The Morgan fingerprint density at radius 1 is 1.03 bits per heavy atom. The maximum atomic E-state index is 12.3. The average molecular weight is 427 g/mol. The van der Waals surface area contributed by atoms with Crippen molar-refractivity contribution in [1.82, 2.24) is 9.80 Å². The van der Waals surface area contributed by atoms with Crippen LogP contribution in [0.15, 0.2) is 41.8 Å². The van der Waals surface area contributed by atoms with E-state index in [9.17, 15) is 32.3 Å². The van der Waals surface area contributed by atoms with Crippen LogP contribution in [0.5, 0.6) is 5.75 Å². The molecule has 0 unspecified atom stereocenters. The van der Waals surface area contributed by atoms with Crippen molar-refractivity contribution in [2.75, 3.05) is 11.9 Å². The monoisotopic (exact) mass is 427 g/mol. The molecule has 0 aliphatic carbocycles. The van der Waals surface area contributed by atoms with Crippen molar-refractivity contribution in [2.45, 2.75) is 12.9 Å². The van der Waals surface area contributed by atoms with Gasteiger partial charge in [0.2, 0.25) is 5.91 Å². The maximum Gasteiger partial charge on any atom is 0.573 e. The van der Waals surface area contributed by atoms with Gasteiger partial charge in [-0.05, 0) is 35.7 Å². The van der Waals surface area contributed by atoms with Crippen LogP contribution in [0.3, 0.4) is 0 Å². The minimum Gasteiger partial charge on any atom is -0.406 e. The van der Waals surface area contributed by atoms with E-state index < -0.39 is 42.4 Å². The standard InChI is InChI=1S/C17H12F3N3O5S/c18-17(19,20)28-11-5-3-10(4-6-11)21-13(24)9-23-15(26)14(25)22(16(23)27)8-12-2-1-7-29-12/h1-7H,8-9H2,(H,21,24). The number of hydrogen-bond acceptors (Lipinski definition) is 6. The number of carbonyl (C=O) groups excluding carboxylic acids is 4. The summed E-state index contributed by atoms with van der Waals surface area (Å²) in [6.07, 6.45) is -4.84. The normalized spacial score (nSPS) is 14.5. The largest absolute Gasteiger partial charge is 0.573 e. The van der Waals surface area contributed by atoms with Crippen molar-refractivity contribution in [1.29, 1.82) is 0 Å². The predicted molar refractivity (Wildman–Crippen MR) is 93.7 cm³/mol. The number of nitrogens with zero attached hydrogens (tertiary/aromatic N) is 2. The van der Waals surface area contributed by atoms with Gasteiger partial charge >= 0.3 is 24.2 Å². The Morgan fingerprint density at radius 2 is 1.69 bits per heavy atom. The topological polar surface area (TPSA) is 96.0 Å². The van der Waals surface area contributed by atoms with Gasteiger partial charge in [0.05, 0.1) is 6.54 Å². The van der Waals surface area contributed by atoms with Crippen LogP contribution in [0.2, 0.25) is 0 Å². The molecule has 0 atom stereocenters. The molecule has 8 nitrogen and oxygen atoms in total. The number of urea groups is 1. The molecule has 1 aromatic carbocycles. The van der Waals surface area contributed by atoms with E-state index in [1.165, 1.54) is 11.3 Å². The number of anilines is 1. The molecule has 2 aromatic rings. The summed E-state index contributed by atoms with van der Waals surface area (Å²) in [7, 11) is 0. The molecule has 3 rings (SSSR count). The Balaban J connectivity index is 1.60. The number of benzene rings is 1. The fourth-order valence-electron chi connectivity index (χ4n) is 2.47. The van der Waals surface area contributed by atoms with Crippen LogP contribution in [0.25, 0.3) is 0 Å². The van der Waals surface area contributed by atoms with Crippen LogP contribution in [-0.2, 0) is 20.9 Å². The summed E-state index contributed by atoms with van der Waals surface area (Å²) >= 11 is 1.30. The summed E-state index contributed by atoms with van der Waals surface area (Å²) in [6, 6.07) is 6.78. The molecule has 0 bridgehead atoms. The first kappa shape index (κ1) is 20.3. The van der Waals surface area contributed by atoms with Gasteiger partial charge in [-0.3, -0.25) is 19.3 Å². The van der Waals surface area contributed by atoms with Gasteiger partial charge in [0.25, 0.3) is 0 Å². The van der Waals surface area contributed by atoms with Crippen LogP contribution in [-0.4, -0.2) is 46.5 Å². The lowest BCUT2D eigenvalue weighted by molar-refractivity contribution is -0.274. The van der Waals surface area contributed by atoms with Gasteiger partial charge in [0.1, 0.15) is 12.3 Å². The summed E-state index contributed by atoms with van der Waals surface area (Å²) in [5.41, 5.74) is 0.116. The summed E-state index contributed by atoms with van der Waals surface area (Å²) in [4.78, 5) is 50.4. The van der Waals surface area contributed by atoms with Gasteiger partial charge in [-0.15, -0.1) is 24.5 Å². The number of carbonyl (C=O) groups is 4. The quantitative estimate of drug-likeness (QED) is 0.565. The van der Waals surface area contributed by atoms with Crippen molar-refractivity contribution < 1.29 is 37.1 Å². The van der Waals surface area contributed by atoms with Gasteiger partial charge in [0, 0.05) is 10.6 Å². The van der Waals surface area contributed by atoms with Crippen molar-refractivity contribution in [3.63, 3.8) is 0 Å². The number of alkyl halides is 3. The summed E-state index contributed by atoms with van der Waals surface area (Å²) in [5, 5.41) is 4.07. The third-order valence-electron chi connectivity index (χ3n) is 3.70. The molecule has 1 aliphatic heterocycles. The first-order chi connectivity index (χ1) is 13.6. The highest BCUT2D eigenvalue weighted by Crippen LogP contribution is 2.24. The summed E-state index contributed by atoms with van der Waals surface area (Å²) in [6.45, 7) is -0.801. The molecular formula is C17H12F3N3O5S. The molecule has 12 heteroatoms. The molecule has 1 N–H and O–H groups in total.